The third kappa shape index (κ3) is 4.89. The Hall–Kier alpha value is -3.85. The van der Waals surface area contributed by atoms with Crippen LogP contribution in [0.5, 0.6) is 0 Å². The zero-order valence-electron chi connectivity index (χ0n) is 18.8. The predicted molar refractivity (Wildman–Crippen MR) is 135 cm³/mol. The highest BCUT2D eigenvalue weighted by atomic mass is 32.1. The molecule has 172 valence electrons. The number of nitrogens with zero attached hydrogens (tertiary/aromatic N) is 5. The molecule has 5 rings (SSSR count). The van der Waals surface area contributed by atoms with Crippen molar-refractivity contribution in [3.8, 4) is 11.3 Å². The van der Waals surface area contributed by atoms with Crippen LogP contribution in [0.25, 0.3) is 11.3 Å². The average Bonchev–Trinajstić information content (AvgIpc) is 3.40. The van der Waals surface area contributed by atoms with Gasteiger partial charge in [0, 0.05) is 48.2 Å². The number of carbonyl (C=O) groups excluding carboxylic acids is 1. The van der Waals surface area contributed by atoms with Crippen molar-refractivity contribution in [3.05, 3.63) is 76.9 Å². The summed E-state index contributed by atoms with van der Waals surface area (Å²) in [4.78, 5) is 32.2. The normalized spacial score (nSPS) is 14.1. The summed E-state index contributed by atoms with van der Waals surface area (Å²) in [6.45, 7) is 1.72. The zero-order chi connectivity index (χ0) is 23.3. The SMILES string of the molecule is CNC(=O)c1cccc(Nc2ncnc(N3CCC(c4nc(-c5ccccc5)cs4)CC3)n2)c1. The summed E-state index contributed by atoms with van der Waals surface area (Å²) in [7, 11) is 1.61. The Morgan fingerprint density at radius 2 is 1.85 bits per heavy atom. The van der Waals surface area contributed by atoms with Gasteiger partial charge in [0.1, 0.15) is 6.33 Å². The Balaban J connectivity index is 1.23. The molecule has 2 N–H and O–H groups in total. The molecule has 1 aliphatic rings. The first-order valence-corrected chi connectivity index (χ1v) is 12.1. The lowest BCUT2D eigenvalue weighted by Gasteiger charge is -2.31. The Morgan fingerprint density at radius 3 is 2.65 bits per heavy atom. The maximum Gasteiger partial charge on any atom is 0.251 e. The molecule has 0 bridgehead atoms. The molecule has 9 heteroatoms. The van der Waals surface area contributed by atoms with E-state index in [0.29, 0.717) is 23.4 Å². The molecule has 0 aliphatic carbocycles. The first-order chi connectivity index (χ1) is 16.7. The van der Waals surface area contributed by atoms with E-state index in [1.807, 2.05) is 30.3 Å². The lowest BCUT2D eigenvalue weighted by atomic mass is 9.98. The second-order valence-corrected chi connectivity index (χ2v) is 8.98. The lowest BCUT2D eigenvalue weighted by molar-refractivity contribution is 0.0963. The van der Waals surface area contributed by atoms with Crippen LogP contribution in [-0.4, -0.2) is 46.0 Å². The van der Waals surface area contributed by atoms with Gasteiger partial charge in [-0.1, -0.05) is 36.4 Å². The summed E-state index contributed by atoms with van der Waals surface area (Å²) in [5.41, 5.74) is 3.53. The van der Waals surface area contributed by atoms with Gasteiger partial charge in [-0.3, -0.25) is 4.79 Å². The van der Waals surface area contributed by atoms with Crippen molar-refractivity contribution in [1.82, 2.24) is 25.3 Å². The van der Waals surface area contributed by atoms with Gasteiger partial charge in [-0.2, -0.15) is 4.98 Å². The van der Waals surface area contributed by atoms with E-state index in [0.717, 1.165) is 42.9 Å². The summed E-state index contributed by atoms with van der Waals surface area (Å²) in [6, 6.07) is 17.5. The third-order valence-corrected chi connectivity index (χ3v) is 6.89. The second kappa shape index (κ2) is 9.96. The van der Waals surface area contributed by atoms with E-state index in [9.17, 15) is 4.79 Å². The maximum atomic E-state index is 11.9. The maximum absolute atomic E-state index is 11.9. The number of benzene rings is 2. The monoisotopic (exact) mass is 471 g/mol. The van der Waals surface area contributed by atoms with Gasteiger partial charge in [0.05, 0.1) is 10.7 Å². The number of piperidine rings is 1. The highest BCUT2D eigenvalue weighted by Crippen LogP contribution is 2.33. The van der Waals surface area contributed by atoms with Crippen molar-refractivity contribution >= 4 is 34.8 Å². The standard InChI is InChI=1S/C25H25N7OS/c1-26-22(33)19-8-5-9-20(14-19)29-24-27-16-28-25(31-24)32-12-10-18(11-13-32)23-30-21(15-34-23)17-6-3-2-4-7-17/h2-9,14-16,18H,10-13H2,1H3,(H,26,33)(H,27,28,29,31). The molecule has 2 aromatic heterocycles. The van der Waals surface area contributed by atoms with Crippen LogP contribution < -0.4 is 15.5 Å². The minimum atomic E-state index is -0.140. The van der Waals surface area contributed by atoms with Crippen molar-refractivity contribution in [2.75, 3.05) is 30.4 Å². The molecular formula is C25H25N7OS. The van der Waals surface area contributed by atoms with Gasteiger partial charge in [0.2, 0.25) is 11.9 Å². The number of rotatable bonds is 6. The van der Waals surface area contributed by atoms with Crippen LogP contribution in [0.15, 0.2) is 66.3 Å². The summed E-state index contributed by atoms with van der Waals surface area (Å²) in [6.07, 6.45) is 3.53. The summed E-state index contributed by atoms with van der Waals surface area (Å²) in [5.74, 6) is 1.42. The van der Waals surface area contributed by atoms with Crippen LogP contribution >= 0.6 is 11.3 Å². The van der Waals surface area contributed by atoms with Crippen LogP contribution in [0.1, 0.15) is 34.1 Å². The number of carbonyl (C=O) groups is 1. The Morgan fingerprint density at radius 1 is 1.03 bits per heavy atom. The first kappa shape index (κ1) is 22.0. The Labute approximate surface area is 202 Å². The molecule has 2 aromatic carbocycles. The van der Waals surface area contributed by atoms with Crippen molar-refractivity contribution in [1.29, 1.82) is 0 Å². The number of hydrogen-bond acceptors (Lipinski definition) is 8. The number of aromatic nitrogens is 4. The van der Waals surface area contributed by atoms with Crippen LogP contribution in [0.3, 0.4) is 0 Å². The van der Waals surface area contributed by atoms with Gasteiger partial charge in [0.15, 0.2) is 0 Å². The number of amides is 1. The number of nitrogens with one attached hydrogen (secondary N) is 2. The van der Waals surface area contributed by atoms with Gasteiger partial charge in [-0.25, -0.2) is 15.0 Å². The van der Waals surface area contributed by atoms with E-state index in [4.69, 9.17) is 4.98 Å². The Bertz CT molecular complexity index is 1270. The van der Waals surface area contributed by atoms with Gasteiger partial charge in [0.25, 0.3) is 5.91 Å². The average molecular weight is 472 g/mol. The third-order valence-electron chi connectivity index (χ3n) is 5.89. The van der Waals surface area contributed by atoms with Crippen molar-refractivity contribution < 1.29 is 4.79 Å². The zero-order valence-corrected chi connectivity index (χ0v) is 19.6. The summed E-state index contributed by atoms with van der Waals surface area (Å²) < 4.78 is 0. The molecule has 34 heavy (non-hydrogen) atoms. The van der Waals surface area contributed by atoms with E-state index in [1.165, 1.54) is 11.3 Å². The Kier molecular flexibility index (Phi) is 6.44. The number of anilines is 3. The van der Waals surface area contributed by atoms with Crippen LogP contribution in [0.4, 0.5) is 17.6 Å². The van der Waals surface area contributed by atoms with Crippen molar-refractivity contribution in [2.45, 2.75) is 18.8 Å². The van der Waals surface area contributed by atoms with E-state index in [2.05, 4.69) is 48.0 Å². The largest absolute Gasteiger partial charge is 0.355 e. The molecule has 1 amide bonds. The van der Waals surface area contributed by atoms with Crippen molar-refractivity contribution in [3.63, 3.8) is 0 Å². The minimum Gasteiger partial charge on any atom is -0.355 e. The summed E-state index contributed by atoms with van der Waals surface area (Å²) in [5, 5.41) is 9.16. The van der Waals surface area contributed by atoms with Gasteiger partial charge >= 0.3 is 0 Å². The molecule has 0 spiro atoms. The quantitative estimate of drug-likeness (QED) is 0.428. The number of hydrogen-bond donors (Lipinski definition) is 2. The van der Waals surface area contributed by atoms with E-state index in [1.54, 1.807) is 30.5 Å². The van der Waals surface area contributed by atoms with Crippen LogP contribution in [-0.2, 0) is 0 Å². The smallest absolute Gasteiger partial charge is 0.251 e. The topological polar surface area (TPSA) is 95.9 Å². The minimum absolute atomic E-state index is 0.140. The molecule has 0 atom stereocenters. The van der Waals surface area contributed by atoms with Crippen LogP contribution in [0.2, 0.25) is 0 Å². The molecule has 1 fully saturated rings. The summed E-state index contributed by atoms with van der Waals surface area (Å²) >= 11 is 1.75. The molecule has 1 aliphatic heterocycles. The molecule has 1 saturated heterocycles. The number of thiazole rings is 1. The van der Waals surface area contributed by atoms with Gasteiger partial charge < -0.3 is 15.5 Å². The molecule has 3 heterocycles. The first-order valence-electron chi connectivity index (χ1n) is 11.2. The predicted octanol–water partition coefficient (Wildman–Crippen LogP) is 4.48. The second-order valence-electron chi connectivity index (χ2n) is 8.09. The molecular weight excluding hydrogens is 446 g/mol. The highest BCUT2D eigenvalue weighted by molar-refractivity contribution is 7.10. The lowest BCUT2D eigenvalue weighted by Crippen LogP contribution is -2.34. The molecule has 8 nitrogen and oxygen atoms in total. The van der Waals surface area contributed by atoms with E-state index in [-0.39, 0.29) is 5.91 Å². The van der Waals surface area contributed by atoms with Gasteiger partial charge in [-0.15, -0.1) is 11.3 Å². The highest BCUT2D eigenvalue weighted by Gasteiger charge is 2.25. The molecule has 4 aromatic rings. The fourth-order valence-corrected chi connectivity index (χ4v) is 5.06. The van der Waals surface area contributed by atoms with Crippen LogP contribution in [0, 0.1) is 0 Å². The van der Waals surface area contributed by atoms with Crippen molar-refractivity contribution in [2.24, 2.45) is 0 Å². The van der Waals surface area contributed by atoms with E-state index < -0.39 is 0 Å². The fraction of sp³-hybridized carbons (Fsp3) is 0.240. The molecule has 0 saturated carbocycles. The molecule has 0 radical (unpaired) electrons. The fourth-order valence-electron chi connectivity index (χ4n) is 4.05. The molecule has 0 unspecified atom stereocenters. The van der Waals surface area contributed by atoms with E-state index >= 15 is 0 Å². The van der Waals surface area contributed by atoms with Gasteiger partial charge in [-0.05, 0) is 31.0 Å².